The summed E-state index contributed by atoms with van der Waals surface area (Å²) in [5.74, 6) is 2.41. The second-order valence-corrected chi connectivity index (χ2v) is 9.72. The van der Waals surface area contributed by atoms with Gasteiger partial charge in [0, 0.05) is 10.6 Å². The van der Waals surface area contributed by atoms with Gasteiger partial charge in [0.2, 0.25) is 5.82 Å². The molecule has 0 radical (unpaired) electrons. The number of halogens is 1. The topological polar surface area (TPSA) is 88.1 Å². The zero-order valence-corrected chi connectivity index (χ0v) is 23.7. The fraction of sp³-hybridized carbons (Fsp3) is 0.121. The van der Waals surface area contributed by atoms with Gasteiger partial charge >= 0.3 is 0 Å². The third-order valence-corrected chi connectivity index (χ3v) is 7.02. The number of nitrogens with zero attached hydrogens (tertiary/aromatic N) is 3. The van der Waals surface area contributed by atoms with Gasteiger partial charge in [-0.05, 0) is 67.1 Å². The minimum atomic E-state index is -0.330. The Morgan fingerprint density at radius 2 is 1.74 bits per heavy atom. The summed E-state index contributed by atoms with van der Waals surface area (Å²) in [7, 11) is 1.60. The summed E-state index contributed by atoms with van der Waals surface area (Å²) in [6, 6.07) is 27.4. The highest BCUT2D eigenvalue weighted by molar-refractivity contribution is 6.31. The number of benzene rings is 4. The number of rotatable bonds is 9. The minimum Gasteiger partial charge on any atom is -0.496 e. The molecule has 0 N–H and O–H groups in total. The molecule has 0 aliphatic heterocycles. The lowest BCUT2D eigenvalue weighted by Crippen LogP contribution is -2.20. The molecule has 0 bridgehead atoms. The second-order valence-electron chi connectivity index (χ2n) is 9.32. The lowest BCUT2D eigenvalue weighted by Gasteiger charge is -2.13. The predicted octanol–water partition coefficient (Wildman–Crippen LogP) is 7.33. The normalized spacial score (nSPS) is 11.4. The quantitative estimate of drug-likeness (QED) is 0.167. The zero-order chi connectivity index (χ0) is 29.1. The molecule has 6 rings (SSSR count). The molecule has 0 saturated heterocycles. The highest BCUT2D eigenvalue weighted by atomic mass is 35.5. The average Bonchev–Trinajstić information content (AvgIpc) is 3.45. The molecule has 0 aliphatic rings. The third-order valence-electron chi connectivity index (χ3n) is 6.65. The first-order valence-corrected chi connectivity index (χ1v) is 13.7. The smallest absolute Gasteiger partial charge is 0.282 e. The van der Waals surface area contributed by atoms with E-state index in [2.05, 4.69) is 5.10 Å². The van der Waals surface area contributed by atoms with E-state index in [0.717, 1.165) is 10.9 Å². The van der Waals surface area contributed by atoms with Crippen molar-refractivity contribution in [1.82, 2.24) is 9.66 Å². The number of aromatic nitrogens is 2. The highest BCUT2D eigenvalue weighted by Gasteiger charge is 2.18. The molecule has 0 spiro atoms. The molecule has 0 atom stereocenters. The summed E-state index contributed by atoms with van der Waals surface area (Å²) < 4.78 is 24.7. The average molecular weight is 580 g/mol. The first-order valence-electron chi connectivity index (χ1n) is 13.3. The lowest BCUT2D eigenvalue weighted by atomic mass is 10.2. The Morgan fingerprint density at radius 1 is 0.905 bits per heavy atom. The molecule has 42 heavy (non-hydrogen) atoms. The van der Waals surface area contributed by atoms with Gasteiger partial charge in [0.1, 0.15) is 17.9 Å². The molecule has 4 aromatic carbocycles. The molecule has 2 heterocycles. The van der Waals surface area contributed by atoms with E-state index in [9.17, 15) is 4.79 Å². The first-order chi connectivity index (χ1) is 20.6. The Labute approximate surface area is 246 Å². The molecular weight excluding hydrogens is 554 g/mol. The van der Waals surface area contributed by atoms with Gasteiger partial charge in [-0.3, -0.25) is 4.79 Å². The zero-order valence-electron chi connectivity index (χ0n) is 22.9. The molecule has 0 amide bonds. The lowest BCUT2D eigenvalue weighted by molar-refractivity contribution is 0.269. The Bertz CT molecular complexity index is 2000. The maximum absolute atomic E-state index is 13.6. The van der Waals surface area contributed by atoms with Crippen molar-refractivity contribution < 1.29 is 18.6 Å². The molecule has 0 unspecified atom stereocenters. The van der Waals surface area contributed by atoms with E-state index in [1.54, 1.807) is 49.7 Å². The SMILES string of the molecule is CCOc1cc(C=Nn2c(-c3cc4c(OC)cccc4o3)nc3ccccc3c2=O)ccc1OCc1ccccc1Cl. The van der Waals surface area contributed by atoms with Gasteiger partial charge in [0.15, 0.2) is 17.3 Å². The molecule has 0 aliphatic carbocycles. The molecular formula is C33H26ClN3O5. The van der Waals surface area contributed by atoms with Crippen LogP contribution in [0.2, 0.25) is 5.02 Å². The number of hydrogen-bond acceptors (Lipinski definition) is 7. The summed E-state index contributed by atoms with van der Waals surface area (Å²) in [5.41, 5.74) is 2.38. The number of furan rings is 1. The molecule has 0 fully saturated rings. The van der Waals surface area contributed by atoms with E-state index >= 15 is 0 Å². The van der Waals surface area contributed by atoms with Crippen LogP contribution < -0.4 is 19.8 Å². The van der Waals surface area contributed by atoms with Crippen molar-refractivity contribution in [2.45, 2.75) is 13.5 Å². The van der Waals surface area contributed by atoms with Gasteiger partial charge in [0.25, 0.3) is 5.56 Å². The van der Waals surface area contributed by atoms with Crippen LogP contribution >= 0.6 is 11.6 Å². The van der Waals surface area contributed by atoms with Crippen molar-refractivity contribution in [3.63, 3.8) is 0 Å². The Hall–Kier alpha value is -5.08. The molecule has 2 aromatic heterocycles. The largest absolute Gasteiger partial charge is 0.496 e. The summed E-state index contributed by atoms with van der Waals surface area (Å²) in [4.78, 5) is 18.4. The van der Waals surface area contributed by atoms with Gasteiger partial charge in [-0.2, -0.15) is 9.78 Å². The molecule has 9 heteroatoms. The highest BCUT2D eigenvalue weighted by Crippen LogP contribution is 2.33. The number of para-hydroxylation sites is 1. The van der Waals surface area contributed by atoms with Crippen molar-refractivity contribution in [2.75, 3.05) is 13.7 Å². The Kier molecular flexibility index (Phi) is 7.62. The van der Waals surface area contributed by atoms with Crippen LogP contribution in [-0.2, 0) is 6.61 Å². The van der Waals surface area contributed by atoms with E-state index in [1.807, 2.05) is 61.5 Å². The van der Waals surface area contributed by atoms with Gasteiger partial charge in [0.05, 0.1) is 36.2 Å². The maximum atomic E-state index is 13.6. The Balaban J connectivity index is 1.39. The summed E-state index contributed by atoms with van der Waals surface area (Å²) >= 11 is 6.29. The van der Waals surface area contributed by atoms with Crippen LogP contribution in [0.5, 0.6) is 17.2 Å². The van der Waals surface area contributed by atoms with Gasteiger partial charge in [-0.15, -0.1) is 0 Å². The van der Waals surface area contributed by atoms with E-state index in [0.29, 0.717) is 56.7 Å². The monoisotopic (exact) mass is 579 g/mol. The van der Waals surface area contributed by atoms with E-state index in [-0.39, 0.29) is 18.0 Å². The fourth-order valence-electron chi connectivity index (χ4n) is 4.60. The van der Waals surface area contributed by atoms with E-state index < -0.39 is 0 Å². The van der Waals surface area contributed by atoms with Crippen molar-refractivity contribution in [3.05, 3.63) is 117 Å². The summed E-state index contributed by atoms with van der Waals surface area (Å²) in [5, 5.41) is 6.40. The number of ether oxygens (including phenoxy) is 3. The maximum Gasteiger partial charge on any atom is 0.282 e. The Morgan fingerprint density at radius 3 is 2.57 bits per heavy atom. The third kappa shape index (κ3) is 5.32. The number of fused-ring (bicyclic) bond motifs is 2. The van der Waals surface area contributed by atoms with E-state index in [1.165, 1.54) is 4.68 Å². The van der Waals surface area contributed by atoms with Crippen LogP contribution in [0.3, 0.4) is 0 Å². The van der Waals surface area contributed by atoms with Crippen molar-refractivity contribution in [1.29, 1.82) is 0 Å². The molecule has 8 nitrogen and oxygen atoms in total. The van der Waals surface area contributed by atoms with Crippen LogP contribution in [0.25, 0.3) is 33.5 Å². The van der Waals surface area contributed by atoms with E-state index in [4.69, 9.17) is 35.2 Å². The van der Waals surface area contributed by atoms with Gasteiger partial charge in [-0.25, -0.2) is 4.98 Å². The molecule has 6 aromatic rings. The number of methoxy groups -OCH3 is 1. The van der Waals surface area contributed by atoms with Crippen LogP contribution in [0, 0.1) is 0 Å². The first kappa shape index (κ1) is 27.1. The van der Waals surface area contributed by atoms with Gasteiger partial charge < -0.3 is 18.6 Å². The molecule has 210 valence electrons. The van der Waals surface area contributed by atoms with Crippen LogP contribution in [-0.4, -0.2) is 29.6 Å². The fourth-order valence-corrected chi connectivity index (χ4v) is 4.79. The van der Waals surface area contributed by atoms with Crippen molar-refractivity contribution in [2.24, 2.45) is 5.10 Å². The van der Waals surface area contributed by atoms with Crippen LogP contribution in [0.15, 0.2) is 105 Å². The standard InChI is InChI=1S/C33H26ClN3O5/c1-3-40-30-17-21(15-16-29(30)41-20-22-9-4-6-11-25(22)34)19-35-37-32(36-26-12-7-5-10-23(26)33(37)38)31-18-24-27(39-2)13-8-14-28(24)42-31/h4-19H,3,20H2,1-2H3. The predicted molar refractivity (Wildman–Crippen MR) is 164 cm³/mol. The van der Waals surface area contributed by atoms with Crippen LogP contribution in [0.4, 0.5) is 0 Å². The second kappa shape index (κ2) is 11.8. The van der Waals surface area contributed by atoms with Crippen molar-refractivity contribution in [3.8, 4) is 28.8 Å². The summed E-state index contributed by atoms with van der Waals surface area (Å²) in [6.45, 7) is 2.63. The summed E-state index contributed by atoms with van der Waals surface area (Å²) in [6.07, 6.45) is 1.57. The van der Waals surface area contributed by atoms with Crippen molar-refractivity contribution >= 4 is 39.7 Å². The molecule has 0 saturated carbocycles. The minimum absolute atomic E-state index is 0.262. The van der Waals surface area contributed by atoms with Crippen LogP contribution in [0.1, 0.15) is 18.1 Å². The number of hydrogen-bond donors (Lipinski definition) is 0. The van der Waals surface area contributed by atoms with Gasteiger partial charge in [-0.1, -0.05) is 48.0 Å².